The molecule has 0 aromatic heterocycles. The van der Waals surface area contributed by atoms with Crippen LogP contribution in [0.15, 0.2) is 89.2 Å². The monoisotopic (exact) mass is 603 g/mol. The molecule has 0 unspecified atom stereocenters. The van der Waals surface area contributed by atoms with Gasteiger partial charge in [-0.3, -0.25) is 14.9 Å². The molecule has 3 aromatic rings. The number of non-ortho nitro benzene ring substituents is 1. The third-order valence-corrected chi connectivity index (χ3v) is 6.38. The number of ether oxygens (including phenoxy) is 3. The molecule has 0 radical (unpaired) electrons. The van der Waals surface area contributed by atoms with E-state index in [4.69, 9.17) is 26.4 Å². The Bertz CT molecular complexity index is 1570. The molecule has 0 saturated carbocycles. The number of thiocarbonyl (C=S) groups is 1. The van der Waals surface area contributed by atoms with E-state index in [0.29, 0.717) is 44.6 Å². The average molecular weight is 604 g/mol. The van der Waals surface area contributed by atoms with Crippen molar-refractivity contribution in [2.75, 3.05) is 13.2 Å². The highest BCUT2D eigenvalue weighted by Crippen LogP contribution is 2.33. The first-order chi connectivity index (χ1) is 20.7. The van der Waals surface area contributed by atoms with Gasteiger partial charge in [0.25, 0.3) is 11.6 Å². The van der Waals surface area contributed by atoms with E-state index in [1.54, 1.807) is 74.5 Å². The van der Waals surface area contributed by atoms with Gasteiger partial charge in [0.1, 0.15) is 18.1 Å². The lowest BCUT2D eigenvalue weighted by Crippen LogP contribution is -2.45. The molecule has 1 atom stereocenters. The van der Waals surface area contributed by atoms with Crippen molar-refractivity contribution in [2.24, 2.45) is 5.10 Å². The summed E-state index contributed by atoms with van der Waals surface area (Å²) in [5, 5.41) is 21.3. The number of carbonyl (C=O) groups excluding carboxylic acids is 2. The number of benzene rings is 3. The normalized spacial score (nSPS) is 14.5. The number of amides is 1. The Morgan fingerprint density at radius 1 is 1.09 bits per heavy atom. The number of allylic oxidation sites excluding steroid dienone is 1. The molecule has 1 aliphatic heterocycles. The molecule has 0 bridgehead atoms. The summed E-state index contributed by atoms with van der Waals surface area (Å²) in [6.45, 7) is 3.53. The van der Waals surface area contributed by atoms with Gasteiger partial charge in [-0.05, 0) is 67.5 Å². The van der Waals surface area contributed by atoms with Crippen molar-refractivity contribution in [3.05, 3.63) is 111 Å². The zero-order valence-electron chi connectivity index (χ0n) is 23.4. The second-order valence-corrected chi connectivity index (χ2v) is 9.60. The van der Waals surface area contributed by atoms with Crippen molar-refractivity contribution in [1.29, 1.82) is 0 Å². The van der Waals surface area contributed by atoms with E-state index >= 15 is 0 Å². The summed E-state index contributed by atoms with van der Waals surface area (Å²) in [5.41, 5.74) is 5.34. The molecular weight excluding hydrogens is 574 g/mol. The minimum atomic E-state index is -0.636. The maximum atomic E-state index is 12.7. The number of nitrogens with zero attached hydrogens (tertiary/aromatic N) is 2. The number of nitrogens with one attached hydrogen (secondary N) is 3. The highest BCUT2D eigenvalue weighted by Gasteiger charge is 2.32. The van der Waals surface area contributed by atoms with Crippen molar-refractivity contribution >= 4 is 41.1 Å². The van der Waals surface area contributed by atoms with Crippen LogP contribution in [0.3, 0.4) is 0 Å². The van der Waals surface area contributed by atoms with E-state index in [2.05, 4.69) is 21.2 Å². The first-order valence-electron chi connectivity index (χ1n) is 13.2. The maximum absolute atomic E-state index is 12.7. The van der Waals surface area contributed by atoms with Gasteiger partial charge >= 0.3 is 5.97 Å². The Balaban J connectivity index is 1.31. The van der Waals surface area contributed by atoms with Crippen LogP contribution in [0.1, 0.15) is 36.6 Å². The Kier molecular flexibility index (Phi) is 10.4. The van der Waals surface area contributed by atoms with Crippen LogP contribution in [-0.2, 0) is 20.9 Å². The fraction of sp³-hybridized carbons (Fsp3) is 0.200. The quantitative estimate of drug-likeness (QED) is 0.0908. The van der Waals surface area contributed by atoms with E-state index in [1.807, 2.05) is 0 Å². The molecule has 0 spiro atoms. The average Bonchev–Trinajstić information content (AvgIpc) is 2.99. The van der Waals surface area contributed by atoms with Gasteiger partial charge in [-0.1, -0.05) is 30.3 Å². The zero-order valence-corrected chi connectivity index (χ0v) is 24.2. The number of para-hydroxylation sites is 1. The lowest BCUT2D eigenvalue weighted by Gasteiger charge is -2.30. The number of carbonyl (C=O) groups is 2. The van der Waals surface area contributed by atoms with Crippen LogP contribution in [0, 0.1) is 10.1 Å². The van der Waals surface area contributed by atoms with Gasteiger partial charge in [-0.2, -0.15) is 5.10 Å². The molecule has 1 heterocycles. The van der Waals surface area contributed by atoms with Crippen LogP contribution in [0.25, 0.3) is 0 Å². The lowest BCUT2D eigenvalue weighted by molar-refractivity contribution is -0.384. The predicted molar refractivity (Wildman–Crippen MR) is 162 cm³/mol. The highest BCUT2D eigenvalue weighted by molar-refractivity contribution is 7.80. The van der Waals surface area contributed by atoms with Crippen LogP contribution in [0.2, 0.25) is 0 Å². The molecule has 13 heteroatoms. The third-order valence-electron chi connectivity index (χ3n) is 6.16. The number of esters is 1. The number of nitro benzene ring substituents is 1. The molecule has 12 nitrogen and oxygen atoms in total. The van der Waals surface area contributed by atoms with Gasteiger partial charge < -0.3 is 24.8 Å². The van der Waals surface area contributed by atoms with Crippen LogP contribution >= 0.6 is 12.2 Å². The molecule has 1 amide bonds. The van der Waals surface area contributed by atoms with Crippen molar-refractivity contribution in [3.63, 3.8) is 0 Å². The molecule has 0 saturated heterocycles. The fourth-order valence-corrected chi connectivity index (χ4v) is 4.46. The van der Waals surface area contributed by atoms with Crippen LogP contribution < -0.4 is 25.5 Å². The molecular formula is C30H29N5O7S. The Hall–Kier alpha value is -5.30. The molecule has 4 rings (SSSR count). The number of rotatable bonds is 12. The molecule has 222 valence electrons. The van der Waals surface area contributed by atoms with Crippen LogP contribution in [0.5, 0.6) is 11.5 Å². The maximum Gasteiger partial charge on any atom is 0.338 e. The van der Waals surface area contributed by atoms with E-state index in [-0.39, 0.29) is 25.5 Å². The van der Waals surface area contributed by atoms with Crippen molar-refractivity contribution in [3.8, 4) is 11.5 Å². The molecule has 1 aliphatic rings. The summed E-state index contributed by atoms with van der Waals surface area (Å²) in [6, 6.07) is 19.6. The van der Waals surface area contributed by atoms with Gasteiger partial charge in [0, 0.05) is 23.4 Å². The highest BCUT2D eigenvalue weighted by atomic mass is 32.1. The SMILES string of the molecule is CCOC(=O)C1=C(C)NC(=S)N[C@@H]1c1ccccc1OCC(=O)NN=Cc1ccc(OCc2cccc([N+](=O)[O-])c2)cc1. The summed E-state index contributed by atoms with van der Waals surface area (Å²) in [7, 11) is 0. The summed E-state index contributed by atoms with van der Waals surface area (Å²) < 4.78 is 16.7. The second-order valence-electron chi connectivity index (χ2n) is 9.20. The third kappa shape index (κ3) is 8.36. The van der Waals surface area contributed by atoms with Gasteiger partial charge in [-0.25, -0.2) is 10.2 Å². The molecule has 3 aromatic carbocycles. The Morgan fingerprint density at radius 3 is 2.60 bits per heavy atom. The fourth-order valence-electron chi connectivity index (χ4n) is 4.19. The van der Waals surface area contributed by atoms with Crippen molar-refractivity contribution < 1.29 is 28.7 Å². The summed E-state index contributed by atoms with van der Waals surface area (Å²) >= 11 is 5.30. The number of nitro groups is 1. The van der Waals surface area contributed by atoms with Gasteiger partial charge in [0.2, 0.25) is 0 Å². The minimum absolute atomic E-state index is 0.00289. The summed E-state index contributed by atoms with van der Waals surface area (Å²) in [4.78, 5) is 35.6. The van der Waals surface area contributed by atoms with Crippen LogP contribution in [-0.4, -0.2) is 41.3 Å². The number of hydrogen-bond acceptors (Lipinski definition) is 9. The van der Waals surface area contributed by atoms with Crippen molar-refractivity contribution in [1.82, 2.24) is 16.1 Å². The van der Waals surface area contributed by atoms with Crippen molar-refractivity contribution in [2.45, 2.75) is 26.5 Å². The van der Waals surface area contributed by atoms with Gasteiger partial charge in [-0.15, -0.1) is 0 Å². The largest absolute Gasteiger partial charge is 0.489 e. The second kappa shape index (κ2) is 14.5. The minimum Gasteiger partial charge on any atom is -0.489 e. The smallest absolute Gasteiger partial charge is 0.338 e. The summed E-state index contributed by atoms with van der Waals surface area (Å²) in [6.07, 6.45) is 1.47. The van der Waals surface area contributed by atoms with E-state index in [1.165, 1.54) is 18.3 Å². The van der Waals surface area contributed by atoms with E-state index in [9.17, 15) is 19.7 Å². The van der Waals surface area contributed by atoms with E-state index < -0.39 is 22.8 Å². The van der Waals surface area contributed by atoms with Gasteiger partial charge in [0.15, 0.2) is 11.7 Å². The van der Waals surface area contributed by atoms with E-state index in [0.717, 1.165) is 0 Å². The first-order valence-corrected chi connectivity index (χ1v) is 13.6. The topological polar surface area (TPSA) is 153 Å². The Labute approximate surface area is 252 Å². The lowest BCUT2D eigenvalue weighted by atomic mass is 9.95. The molecule has 0 aliphatic carbocycles. The molecule has 43 heavy (non-hydrogen) atoms. The molecule has 0 fully saturated rings. The zero-order chi connectivity index (χ0) is 30.8. The predicted octanol–water partition coefficient (Wildman–Crippen LogP) is 4.06. The van der Waals surface area contributed by atoms with Gasteiger partial charge in [0.05, 0.1) is 29.4 Å². The Morgan fingerprint density at radius 2 is 1.86 bits per heavy atom. The first kappa shape index (κ1) is 30.7. The standard InChI is InChI=1S/C30H29N5O7S/c1-3-40-29(37)27-19(2)32-30(43)33-28(27)24-9-4-5-10-25(24)42-18-26(36)34-31-16-20-11-13-23(14-12-20)41-17-21-7-6-8-22(15-21)35(38)39/h4-16,28H,3,17-18H2,1-2H3,(H,34,36)(H2,32,33,43)/t28-/m1/s1. The summed E-state index contributed by atoms with van der Waals surface area (Å²) in [5.74, 6) is -0.0235. The number of hydrogen-bond donors (Lipinski definition) is 3. The van der Waals surface area contributed by atoms with Crippen LogP contribution in [0.4, 0.5) is 5.69 Å². The molecule has 3 N–H and O–H groups in total. The number of hydrazone groups is 1.